The number of phosphoric ester groups is 1. The first-order valence-electron chi connectivity index (χ1n) is 22.1. The van der Waals surface area contributed by atoms with Gasteiger partial charge in [0, 0.05) is 19.4 Å². The van der Waals surface area contributed by atoms with Gasteiger partial charge in [-0.2, -0.15) is 0 Å². The number of hydrogen-bond acceptors (Lipinski definition) is 8. The smallest absolute Gasteiger partial charge is 0.462 e. The maximum atomic E-state index is 12.6. The van der Waals surface area contributed by atoms with Gasteiger partial charge < -0.3 is 20.1 Å². The van der Waals surface area contributed by atoms with Crippen molar-refractivity contribution in [2.75, 3.05) is 26.4 Å². The Balaban J connectivity index is 4.22. The van der Waals surface area contributed by atoms with Gasteiger partial charge in [-0.1, -0.05) is 178 Å². The third-order valence-corrected chi connectivity index (χ3v) is 10.2. The van der Waals surface area contributed by atoms with Crippen LogP contribution in [0, 0.1) is 0 Å². The zero-order chi connectivity index (χ0) is 40.3. The number of unbranched alkanes of at least 4 members (excludes halogenated alkanes) is 20. The molecule has 0 rings (SSSR count). The Morgan fingerprint density at radius 1 is 0.545 bits per heavy atom. The third-order valence-electron chi connectivity index (χ3n) is 9.22. The van der Waals surface area contributed by atoms with E-state index in [0.29, 0.717) is 12.8 Å². The highest BCUT2D eigenvalue weighted by Gasteiger charge is 2.26. The van der Waals surface area contributed by atoms with Crippen molar-refractivity contribution in [2.24, 2.45) is 5.73 Å². The van der Waals surface area contributed by atoms with Crippen molar-refractivity contribution in [2.45, 2.75) is 200 Å². The van der Waals surface area contributed by atoms with Crippen LogP contribution in [0.2, 0.25) is 0 Å². The number of carbonyl (C=O) groups is 2. The van der Waals surface area contributed by atoms with E-state index in [1.54, 1.807) is 0 Å². The predicted molar refractivity (Wildman–Crippen MR) is 229 cm³/mol. The molecule has 0 aliphatic carbocycles. The summed E-state index contributed by atoms with van der Waals surface area (Å²) in [4.78, 5) is 34.9. The molecule has 0 amide bonds. The lowest BCUT2D eigenvalue weighted by Crippen LogP contribution is -2.29. The zero-order valence-corrected chi connectivity index (χ0v) is 36.0. The van der Waals surface area contributed by atoms with Crippen LogP contribution in [0.4, 0.5) is 0 Å². The molecule has 320 valence electrons. The van der Waals surface area contributed by atoms with Gasteiger partial charge in [0.05, 0.1) is 13.2 Å². The molecular weight excluding hydrogens is 713 g/mol. The lowest BCUT2D eigenvalue weighted by molar-refractivity contribution is -0.161. The molecule has 0 aromatic carbocycles. The van der Waals surface area contributed by atoms with Crippen LogP contribution in [0.1, 0.15) is 194 Å². The number of phosphoric acid groups is 1. The molecule has 0 saturated carbocycles. The van der Waals surface area contributed by atoms with Gasteiger partial charge in [-0.05, 0) is 51.4 Å². The van der Waals surface area contributed by atoms with E-state index in [2.05, 4.69) is 62.5 Å². The van der Waals surface area contributed by atoms with Crippen LogP contribution < -0.4 is 5.73 Å². The molecule has 2 atom stereocenters. The van der Waals surface area contributed by atoms with Gasteiger partial charge in [-0.3, -0.25) is 18.6 Å². The molecule has 1 unspecified atom stereocenters. The minimum atomic E-state index is -4.39. The molecule has 3 N–H and O–H groups in total. The van der Waals surface area contributed by atoms with Gasteiger partial charge in [-0.25, -0.2) is 4.57 Å². The molecule has 0 aromatic heterocycles. The molecule has 55 heavy (non-hydrogen) atoms. The van der Waals surface area contributed by atoms with Crippen LogP contribution in [-0.4, -0.2) is 49.3 Å². The first-order chi connectivity index (χ1) is 26.8. The summed E-state index contributed by atoms with van der Waals surface area (Å²) >= 11 is 0. The summed E-state index contributed by atoms with van der Waals surface area (Å²) in [7, 11) is -4.39. The molecule has 0 saturated heterocycles. The van der Waals surface area contributed by atoms with Crippen LogP contribution in [0.15, 0.2) is 48.6 Å². The summed E-state index contributed by atoms with van der Waals surface area (Å²) in [5, 5.41) is 0. The number of ether oxygens (including phenoxy) is 2. The van der Waals surface area contributed by atoms with Crippen molar-refractivity contribution in [1.82, 2.24) is 0 Å². The largest absolute Gasteiger partial charge is 0.472 e. The molecule has 0 bridgehead atoms. The normalized spacial score (nSPS) is 13.7. The topological polar surface area (TPSA) is 134 Å². The Bertz CT molecular complexity index is 1040. The van der Waals surface area contributed by atoms with Gasteiger partial charge >= 0.3 is 19.8 Å². The molecule has 9 nitrogen and oxygen atoms in total. The first-order valence-corrected chi connectivity index (χ1v) is 23.6. The maximum absolute atomic E-state index is 12.6. The molecule has 10 heteroatoms. The number of allylic oxidation sites excluding steroid dienone is 8. The van der Waals surface area contributed by atoms with E-state index in [0.717, 1.165) is 44.9 Å². The van der Waals surface area contributed by atoms with E-state index in [4.69, 9.17) is 24.3 Å². The summed E-state index contributed by atoms with van der Waals surface area (Å²) < 4.78 is 32.7. The lowest BCUT2D eigenvalue weighted by Gasteiger charge is -2.19. The van der Waals surface area contributed by atoms with Crippen LogP contribution >= 0.6 is 7.82 Å². The van der Waals surface area contributed by atoms with Crippen molar-refractivity contribution in [3.63, 3.8) is 0 Å². The van der Waals surface area contributed by atoms with Crippen molar-refractivity contribution in [3.05, 3.63) is 48.6 Å². The second-order valence-electron chi connectivity index (χ2n) is 14.6. The highest BCUT2D eigenvalue weighted by Crippen LogP contribution is 2.43. The van der Waals surface area contributed by atoms with Gasteiger partial charge in [-0.15, -0.1) is 0 Å². The Morgan fingerprint density at radius 2 is 0.964 bits per heavy atom. The van der Waals surface area contributed by atoms with E-state index in [9.17, 15) is 19.0 Å². The van der Waals surface area contributed by atoms with Crippen LogP contribution in [0.3, 0.4) is 0 Å². The van der Waals surface area contributed by atoms with Gasteiger partial charge in [0.1, 0.15) is 6.61 Å². The summed E-state index contributed by atoms with van der Waals surface area (Å²) in [5.41, 5.74) is 5.34. The molecule has 0 fully saturated rings. The Morgan fingerprint density at radius 3 is 1.45 bits per heavy atom. The molecule has 0 heterocycles. The molecule has 0 radical (unpaired) electrons. The fraction of sp³-hybridized carbons (Fsp3) is 0.778. The predicted octanol–water partition coefficient (Wildman–Crippen LogP) is 12.7. The molecule has 0 aromatic rings. The summed E-state index contributed by atoms with van der Waals surface area (Å²) in [6.45, 7) is 3.65. The minimum Gasteiger partial charge on any atom is -0.462 e. The quantitative estimate of drug-likeness (QED) is 0.0268. The summed E-state index contributed by atoms with van der Waals surface area (Å²) in [6.07, 6.45) is 47.2. The molecule has 0 aliphatic rings. The SMILES string of the molecule is CCCCC/C=C\C/C=C\C/C=C\C/C=C\CCCC(=O)OC[C@H](COP(=O)(O)OCCN)OC(=O)CCCCCCCCCCCCCCCCCCC. The Labute approximate surface area is 336 Å². The van der Waals surface area contributed by atoms with Crippen LogP contribution in [0.5, 0.6) is 0 Å². The van der Waals surface area contributed by atoms with Crippen molar-refractivity contribution >= 4 is 19.8 Å². The Hall–Kier alpha value is -2.03. The average molecular weight is 796 g/mol. The fourth-order valence-electron chi connectivity index (χ4n) is 5.92. The standard InChI is InChI=1S/C45H82NO8P/c1-3-5-7-9-11-13-15-17-19-21-23-25-27-29-31-33-35-37-44(47)51-41-43(42-53-55(49,50)52-40-39-46)54-45(48)38-36-34-32-30-28-26-24-22-20-18-16-14-12-10-8-6-4-2/h11,13,17,19,23,25,29,31,43H,3-10,12,14-16,18,20-22,24,26-28,30,32-42,46H2,1-2H3,(H,49,50)/b13-11-,19-17-,25-23-,31-29-/t43-/m1/s1. The second kappa shape index (κ2) is 41.6. The molecule has 0 aliphatic heterocycles. The summed E-state index contributed by atoms with van der Waals surface area (Å²) in [6, 6.07) is 0. The van der Waals surface area contributed by atoms with E-state index >= 15 is 0 Å². The summed E-state index contributed by atoms with van der Waals surface area (Å²) in [5.74, 6) is -0.890. The number of nitrogens with two attached hydrogens (primary N) is 1. The number of carbonyl (C=O) groups excluding carboxylic acids is 2. The van der Waals surface area contributed by atoms with Gasteiger partial charge in [0.2, 0.25) is 0 Å². The number of esters is 2. The van der Waals surface area contributed by atoms with E-state index in [-0.39, 0.29) is 32.6 Å². The van der Waals surface area contributed by atoms with Gasteiger partial charge in [0.25, 0.3) is 0 Å². The Kier molecular flexibility index (Phi) is 40.1. The minimum absolute atomic E-state index is 0.0460. The van der Waals surface area contributed by atoms with E-state index in [1.807, 2.05) is 0 Å². The van der Waals surface area contributed by atoms with Crippen molar-refractivity contribution in [1.29, 1.82) is 0 Å². The number of rotatable bonds is 41. The van der Waals surface area contributed by atoms with Crippen LogP contribution in [-0.2, 0) is 32.7 Å². The van der Waals surface area contributed by atoms with Gasteiger partial charge in [0.15, 0.2) is 6.10 Å². The number of hydrogen-bond donors (Lipinski definition) is 2. The second-order valence-corrected chi connectivity index (χ2v) is 16.0. The molecule has 0 spiro atoms. The zero-order valence-electron chi connectivity index (χ0n) is 35.2. The highest BCUT2D eigenvalue weighted by atomic mass is 31.2. The first kappa shape index (κ1) is 53.0. The lowest BCUT2D eigenvalue weighted by atomic mass is 10.0. The monoisotopic (exact) mass is 796 g/mol. The average Bonchev–Trinajstić information content (AvgIpc) is 3.17. The van der Waals surface area contributed by atoms with E-state index in [1.165, 1.54) is 109 Å². The third kappa shape index (κ3) is 41.4. The molecular formula is C45H82NO8P. The fourth-order valence-corrected chi connectivity index (χ4v) is 6.69. The van der Waals surface area contributed by atoms with Crippen molar-refractivity contribution < 1.29 is 37.6 Å². The van der Waals surface area contributed by atoms with Crippen molar-refractivity contribution in [3.8, 4) is 0 Å². The van der Waals surface area contributed by atoms with E-state index < -0.39 is 32.5 Å². The maximum Gasteiger partial charge on any atom is 0.472 e. The highest BCUT2D eigenvalue weighted by molar-refractivity contribution is 7.47. The van der Waals surface area contributed by atoms with Crippen LogP contribution in [0.25, 0.3) is 0 Å².